The van der Waals surface area contributed by atoms with E-state index in [1.54, 1.807) is 0 Å². The van der Waals surface area contributed by atoms with E-state index < -0.39 is 29.7 Å². The first-order valence-electron chi connectivity index (χ1n) is 8.11. The molecule has 0 unspecified atom stereocenters. The minimum absolute atomic E-state index is 0.0378. The fourth-order valence-corrected chi connectivity index (χ4v) is 2.97. The van der Waals surface area contributed by atoms with Gasteiger partial charge in [0.25, 0.3) is 5.91 Å². The van der Waals surface area contributed by atoms with Gasteiger partial charge in [0.05, 0.1) is 12.2 Å². The summed E-state index contributed by atoms with van der Waals surface area (Å²) in [6, 6.07) is 2.04. The lowest BCUT2D eigenvalue weighted by Crippen LogP contribution is -2.35. The number of amides is 3. The summed E-state index contributed by atoms with van der Waals surface area (Å²) in [7, 11) is 1.40. The van der Waals surface area contributed by atoms with Crippen molar-refractivity contribution in [3.8, 4) is 0 Å². The number of nitrogens with one attached hydrogen (secondary N) is 2. The van der Waals surface area contributed by atoms with Crippen LogP contribution < -0.4 is 20.4 Å². The van der Waals surface area contributed by atoms with Crippen LogP contribution in [0.1, 0.15) is 6.42 Å². The second kappa shape index (κ2) is 7.14. The molecule has 2 aliphatic heterocycles. The van der Waals surface area contributed by atoms with Gasteiger partial charge in [-0.3, -0.25) is 14.5 Å². The van der Waals surface area contributed by atoms with Crippen molar-refractivity contribution in [1.82, 2.24) is 10.6 Å². The van der Waals surface area contributed by atoms with Gasteiger partial charge in [-0.25, -0.2) is 13.6 Å². The van der Waals surface area contributed by atoms with Crippen LogP contribution in [-0.4, -0.2) is 57.2 Å². The SMILES string of the molecule is CNC(=O)[C@H]1CN(c2cc(F)c(N3CCNC(=O)CC3)c(F)c2)C(=O)O1. The van der Waals surface area contributed by atoms with Crippen LogP contribution in [0.25, 0.3) is 0 Å². The van der Waals surface area contributed by atoms with Crippen LogP contribution >= 0.6 is 0 Å². The number of likely N-dealkylation sites (N-methyl/N-ethyl adjacent to an activating group) is 1. The predicted molar refractivity (Wildman–Crippen MR) is 87.9 cm³/mol. The number of carbonyl (C=O) groups is 3. The van der Waals surface area contributed by atoms with Crippen molar-refractivity contribution in [2.45, 2.75) is 12.5 Å². The van der Waals surface area contributed by atoms with Gasteiger partial charge in [0, 0.05) is 45.2 Å². The van der Waals surface area contributed by atoms with E-state index in [9.17, 15) is 23.2 Å². The Kier molecular flexibility index (Phi) is 4.92. The van der Waals surface area contributed by atoms with Crippen LogP contribution in [0, 0.1) is 11.6 Å². The molecular formula is C16H18F2N4O4. The highest BCUT2D eigenvalue weighted by Crippen LogP contribution is 2.31. The van der Waals surface area contributed by atoms with E-state index in [4.69, 9.17) is 4.74 Å². The molecule has 0 bridgehead atoms. The van der Waals surface area contributed by atoms with Crippen molar-refractivity contribution in [3.63, 3.8) is 0 Å². The standard InChI is InChI=1S/C16H18F2N4O4/c1-19-15(24)12-8-22(16(25)26-12)9-6-10(17)14(11(18)7-9)21-4-2-13(23)20-3-5-21/h6-7,12H,2-5,8H2,1H3,(H,19,24)(H,20,23)/t12-/m1/s1. The molecule has 2 saturated heterocycles. The Morgan fingerprint density at radius 1 is 1.27 bits per heavy atom. The highest BCUT2D eigenvalue weighted by atomic mass is 19.1. The minimum Gasteiger partial charge on any atom is -0.434 e. The maximum absolute atomic E-state index is 14.6. The molecular weight excluding hydrogens is 350 g/mol. The second-order valence-corrected chi connectivity index (χ2v) is 5.94. The van der Waals surface area contributed by atoms with E-state index in [-0.39, 0.29) is 49.9 Å². The second-order valence-electron chi connectivity index (χ2n) is 5.94. The molecule has 26 heavy (non-hydrogen) atoms. The van der Waals surface area contributed by atoms with Crippen molar-refractivity contribution in [2.75, 3.05) is 43.0 Å². The summed E-state index contributed by atoms with van der Waals surface area (Å²) in [5.41, 5.74) is -0.287. The number of rotatable bonds is 3. The maximum atomic E-state index is 14.6. The number of carbonyl (C=O) groups excluding carboxylic acids is 3. The van der Waals surface area contributed by atoms with Crippen LogP contribution in [-0.2, 0) is 14.3 Å². The van der Waals surface area contributed by atoms with E-state index in [2.05, 4.69) is 10.6 Å². The van der Waals surface area contributed by atoms with E-state index in [1.807, 2.05) is 0 Å². The lowest BCUT2D eigenvalue weighted by atomic mass is 10.2. The molecule has 8 nitrogen and oxygen atoms in total. The number of anilines is 2. The van der Waals surface area contributed by atoms with Crippen LogP contribution in [0.4, 0.5) is 25.0 Å². The minimum atomic E-state index is -1.04. The first kappa shape index (κ1) is 17.9. The molecule has 0 saturated carbocycles. The van der Waals surface area contributed by atoms with Gasteiger partial charge < -0.3 is 20.3 Å². The quantitative estimate of drug-likeness (QED) is 0.804. The van der Waals surface area contributed by atoms with Crippen molar-refractivity contribution in [3.05, 3.63) is 23.8 Å². The maximum Gasteiger partial charge on any atom is 0.415 e. The summed E-state index contributed by atoms with van der Waals surface area (Å²) < 4.78 is 34.1. The molecule has 1 aromatic rings. The van der Waals surface area contributed by atoms with E-state index in [0.717, 1.165) is 17.0 Å². The van der Waals surface area contributed by atoms with Crippen LogP contribution in [0.15, 0.2) is 12.1 Å². The topological polar surface area (TPSA) is 91.0 Å². The number of hydrogen-bond donors (Lipinski definition) is 2. The van der Waals surface area contributed by atoms with Crippen LogP contribution in [0.2, 0.25) is 0 Å². The number of benzene rings is 1. The van der Waals surface area contributed by atoms with Gasteiger partial charge in [0.2, 0.25) is 5.91 Å². The molecule has 2 N–H and O–H groups in total. The molecule has 2 fully saturated rings. The van der Waals surface area contributed by atoms with Gasteiger partial charge in [0.15, 0.2) is 17.7 Å². The predicted octanol–water partition coefficient (Wildman–Crippen LogP) is 0.362. The average molecular weight is 368 g/mol. The third-order valence-electron chi connectivity index (χ3n) is 4.29. The van der Waals surface area contributed by atoms with Crippen LogP contribution in [0.3, 0.4) is 0 Å². The zero-order chi connectivity index (χ0) is 18.8. The molecule has 10 heteroatoms. The summed E-state index contributed by atoms with van der Waals surface area (Å²) in [4.78, 5) is 37.3. The van der Waals surface area contributed by atoms with Gasteiger partial charge >= 0.3 is 6.09 Å². The zero-order valence-corrected chi connectivity index (χ0v) is 14.1. The Labute approximate surface area is 148 Å². The van der Waals surface area contributed by atoms with Crippen LogP contribution in [0.5, 0.6) is 0 Å². The van der Waals surface area contributed by atoms with E-state index in [0.29, 0.717) is 0 Å². The first-order chi connectivity index (χ1) is 12.4. The highest BCUT2D eigenvalue weighted by molar-refractivity contribution is 5.95. The number of cyclic esters (lactones) is 1. The Morgan fingerprint density at radius 3 is 2.62 bits per heavy atom. The number of ether oxygens (including phenoxy) is 1. The molecule has 1 aromatic carbocycles. The number of nitrogens with zero attached hydrogens (tertiary/aromatic N) is 2. The molecule has 1 atom stereocenters. The van der Waals surface area contributed by atoms with Crippen molar-refractivity contribution in [2.24, 2.45) is 0 Å². The van der Waals surface area contributed by atoms with Gasteiger partial charge in [-0.1, -0.05) is 0 Å². The third kappa shape index (κ3) is 3.39. The lowest BCUT2D eigenvalue weighted by molar-refractivity contribution is -0.127. The summed E-state index contributed by atoms with van der Waals surface area (Å²) in [6.07, 6.45) is -1.76. The normalized spacial score (nSPS) is 20.5. The number of hydrogen-bond acceptors (Lipinski definition) is 5. The van der Waals surface area contributed by atoms with Gasteiger partial charge in [-0.05, 0) is 0 Å². The molecule has 0 radical (unpaired) electrons. The average Bonchev–Trinajstić information content (AvgIpc) is 2.86. The van der Waals surface area contributed by atoms with Gasteiger partial charge in [0.1, 0.15) is 5.69 Å². The first-order valence-corrected chi connectivity index (χ1v) is 8.11. The Hall–Kier alpha value is -2.91. The van der Waals surface area contributed by atoms with E-state index >= 15 is 0 Å². The Morgan fingerprint density at radius 2 is 1.96 bits per heavy atom. The van der Waals surface area contributed by atoms with Crippen molar-refractivity contribution >= 4 is 29.3 Å². The number of halogens is 2. The molecule has 3 rings (SSSR count). The van der Waals surface area contributed by atoms with Gasteiger partial charge in [-0.2, -0.15) is 0 Å². The molecule has 3 amide bonds. The highest BCUT2D eigenvalue weighted by Gasteiger charge is 2.37. The Bertz CT molecular complexity index is 735. The lowest BCUT2D eigenvalue weighted by Gasteiger charge is -2.24. The molecule has 140 valence electrons. The zero-order valence-electron chi connectivity index (χ0n) is 14.1. The monoisotopic (exact) mass is 368 g/mol. The molecule has 2 heterocycles. The summed E-state index contributed by atoms with van der Waals surface area (Å²) in [5.74, 6) is -2.39. The molecule has 0 spiro atoms. The largest absolute Gasteiger partial charge is 0.434 e. The molecule has 0 aromatic heterocycles. The summed E-state index contributed by atoms with van der Waals surface area (Å²) in [5, 5.41) is 4.99. The van der Waals surface area contributed by atoms with Gasteiger partial charge in [-0.15, -0.1) is 0 Å². The summed E-state index contributed by atoms with van der Waals surface area (Å²) >= 11 is 0. The fraction of sp³-hybridized carbons (Fsp3) is 0.438. The van der Waals surface area contributed by atoms with Crippen molar-refractivity contribution in [1.29, 1.82) is 0 Å². The fourth-order valence-electron chi connectivity index (χ4n) is 2.97. The summed E-state index contributed by atoms with van der Waals surface area (Å²) in [6.45, 7) is 0.595. The Balaban J connectivity index is 1.84. The smallest absolute Gasteiger partial charge is 0.415 e. The third-order valence-corrected chi connectivity index (χ3v) is 4.29. The van der Waals surface area contributed by atoms with E-state index in [1.165, 1.54) is 11.9 Å². The molecule has 0 aliphatic carbocycles. The molecule has 2 aliphatic rings. The van der Waals surface area contributed by atoms with Crippen molar-refractivity contribution < 1.29 is 27.9 Å².